The minimum Gasteiger partial charge on any atom is -0.278 e. The van der Waals surface area contributed by atoms with Crippen molar-refractivity contribution in [2.24, 2.45) is 0 Å². The van der Waals surface area contributed by atoms with Crippen LogP contribution in [0.15, 0.2) is 0 Å². The monoisotopic (exact) mass is 170 g/mol. The Morgan fingerprint density at radius 2 is 2.08 bits per heavy atom. The lowest BCUT2D eigenvalue weighted by molar-refractivity contribution is -0.132. The lowest BCUT2D eigenvalue weighted by Crippen LogP contribution is -2.40. The minimum atomic E-state index is 0.889. The molecule has 3 heteroatoms. The number of hydrazine groups is 1. The first-order chi connectivity index (χ1) is 5.88. The van der Waals surface area contributed by atoms with Gasteiger partial charge in [-0.05, 0) is 19.3 Å². The Labute approximate surface area is 74.3 Å². The average molecular weight is 170 g/mol. The van der Waals surface area contributed by atoms with Crippen LogP contribution in [0.5, 0.6) is 0 Å². The summed E-state index contributed by atoms with van der Waals surface area (Å²) >= 11 is 0. The number of hydrogen-bond acceptors (Lipinski definition) is 2. The molecule has 1 aliphatic rings. The maximum Gasteiger partial charge on any atom is 0.224 e. The summed E-state index contributed by atoms with van der Waals surface area (Å²) in [6.45, 7) is 5.15. The van der Waals surface area contributed by atoms with Crippen molar-refractivity contribution in [1.82, 2.24) is 10.0 Å². The van der Waals surface area contributed by atoms with Crippen molar-refractivity contribution in [3.63, 3.8) is 0 Å². The fraction of sp³-hybridized carbons (Fsp3) is 0.889. The second kappa shape index (κ2) is 5.14. The third-order valence-corrected chi connectivity index (χ3v) is 2.31. The lowest BCUT2D eigenvalue weighted by atomic mass is 10.3. The topological polar surface area (TPSA) is 23.6 Å². The highest BCUT2D eigenvalue weighted by atomic mass is 16.1. The summed E-state index contributed by atoms with van der Waals surface area (Å²) in [4.78, 5) is 10.7. The van der Waals surface area contributed by atoms with Gasteiger partial charge < -0.3 is 0 Å². The van der Waals surface area contributed by atoms with Crippen LogP contribution in [0.4, 0.5) is 0 Å². The summed E-state index contributed by atoms with van der Waals surface area (Å²) < 4.78 is 0. The third kappa shape index (κ3) is 2.48. The Hall–Kier alpha value is -0.570. The number of nitrogens with zero attached hydrogens (tertiary/aromatic N) is 2. The molecule has 70 valence electrons. The van der Waals surface area contributed by atoms with E-state index in [-0.39, 0.29) is 0 Å². The zero-order valence-electron chi connectivity index (χ0n) is 7.83. The fourth-order valence-corrected chi connectivity index (χ4v) is 1.54. The van der Waals surface area contributed by atoms with E-state index in [0.717, 1.165) is 38.9 Å². The standard InChI is InChI=1S/C9H18N2O/c1-2-3-6-11(9-12)10-7-4-5-8-10/h9H,2-8H2,1H3. The Morgan fingerprint density at radius 1 is 1.42 bits per heavy atom. The van der Waals surface area contributed by atoms with Gasteiger partial charge in [0, 0.05) is 19.6 Å². The number of carbonyl (C=O) groups excluding carboxylic acids is 1. The smallest absolute Gasteiger partial charge is 0.224 e. The second-order valence-electron chi connectivity index (χ2n) is 3.28. The maximum atomic E-state index is 10.7. The molecule has 0 aromatic heterocycles. The first-order valence-electron chi connectivity index (χ1n) is 4.85. The van der Waals surface area contributed by atoms with Crippen LogP contribution in [0.3, 0.4) is 0 Å². The summed E-state index contributed by atoms with van der Waals surface area (Å²) in [5.41, 5.74) is 0. The van der Waals surface area contributed by atoms with Gasteiger partial charge >= 0.3 is 0 Å². The highest BCUT2D eigenvalue weighted by molar-refractivity contribution is 5.46. The Bertz CT molecular complexity index is 132. The molecule has 0 N–H and O–H groups in total. The van der Waals surface area contributed by atoms with Crippen LogP contribution >= 0.6 is 0 Å². The van der Waals surface area contributed by atoms with Crippen LogP contribution in [-0.2, 0) is 4.79 Å². The number of unbranched alkanes of at least 4 members (excludes halogenated alkanes) is 1. The normalized spacial score (nSPS) is 18.1. The van der Waals surface area contributed by atoms with E-state index in [0.29, 0.717) is 0 Å². The second-order valence-corrected chi connectivity index (χ2v) is 3.28. The molecule has 1 fully saturated rings. The van der Waals surface area contributed by atoms with Crippen molar-refractivity contribution in [1.29, 1.82) is 0 Å². The summed E-state index contributed by atoms with van der Waals surface area (Å²) in [5.74, 6) is 0. The summed E-state index contributed by atoms with van der Waals surface area (Å²) in [7, 11) is 0. The predicted molar refractivity (Wildman–Crippen MR) is 48.5 cm³/mol. The van der Waals surface area contributed by atoms with E-state index in [2.05, 4.69) is 11.9 Å². The van der Waals surface area contributed by atoms with Gasteiger partial charge in [0.05, 0.1) is 0 Å². The van der Waals surface area contributed by atoms with Gasteiger partial charge in [-0.15, -0.1) is 0 Å². The van der Waals surface area contributed by atoms with E-state index in [1.165, 1.54) is 12.8 Å². The van der Waals surface area contributed by atoms with Crippen molar-refractivity contribution in [2.75, 3.05) is 19.6 Å². The molecule has 0 unspecified atom stereocenters. The summed E-state index contributed by atoms with van der Waals surface area (Å²) in [6.07, 6.45) is 5.68. The molecule has 0 aliphatic carbocycles. The van der Waals surface area contributed by atoms with Gasteiger partial charge in [0.15, 0.2) is 0 Å². The van der Waals surface area contributed by atoms with Gasteiger partial charge in [0.25, 0.3) is 0 Å². The van der Waals surface area contributed by atoms with Gasteiger partial charge in [-0.25, -0.2) is 5.01 Å². The van der Waals surface area contributed by atoms with Gasteiger partial charge in [-0.3, -0.25) is 9.80 Å². The molecule has 3 nitrogen and oxygen atoms in total. The molecule has 0 radical (unpaired) electrons. The highest BCUT2D eigenvalue weighted by Crippen LogP contribution is 2.10. The molecule has 1 rings (SSSR count). The zero-order chi connectivity index (χ0) is 8.81. The van der Waals surface area contributed by atoms with Crippen molar-refractivity contribution in [3.05, 3.63) is 0 Å². The van der Waals surface area contributed by atoms with Gasteiger partial charge in [-0.1, -0.05) is 13.3 Å². The molecule has 0 bridgehead atoms. The van der Waals surface area contributed by atoms with E-state index >= 15 is 0 Å². The first kappa shape index (κ1) is 9.52. The van der Waals surface area contributed by atoms with Crippen LogP contribution in [0.2, 0.25) is 0 Å². The number of rotatable bonds is 5. The Balaban J connectivity index is 2.27. The molecule has 1 saturated heterocycles. The third-order valence-electron chi connectivity index (χ3n) is 2.31. The minimum absolute atomic E-state index is 0.889. The van der Waals surface area contributed by atoms with E-state index in [9.17, 15) is 4.79 Å². The highest BCUT2D eigenvalue weighted by Gasteiger charge is 2.16. The largest absolute Gasteiger partial charge is 0.278 e. The molecular formula is C9H18N2O. The van der Waals surface area contributed by atoms with E-state index in [4.69, 9.17) is 0 Å². The molecule has 0 saturated carbocycles. The summed E-state index contributed by atoms with van der Waals surface area (Å²) in [6, 6.07) is 0. The van der Waals surface area contributed by atoms with Crippen LogP contribution < -0.4 is 0 Å². The molecule has 0 spiro atoms. The molecule has 0 atom stereocenters. The molecule has 0 aromatic carbocycles. The summed E-state index contributed by atoms with van der Waals surface area (Å²) in [5, 5.41) is 3.99. The molecule has 1 heterocycles. The van der Waals surface area contributed by atoms with Crippen LogP contribution in [0.25, 0.3) is 0 Å². The molecule has 1 amide bonds. The van der Waals surface area contributed by atoms with E-state index < -0.39 is 0 Å². The van der Waals surface area contributed by atoms with Gasteiger partial charge in [0.2, 0.25) is 6.41 Å². The molecule has 0 aromatic rings. The number of amides is 1. The fourth-order valence-electron chi connectivity index (χ4n) is 1.54. The van der Waals surface area contributed by atoms with Gasteiger partial charge in [0.1, 0.15) is 0 Å². The lowest BCUT2D eigenvalue weighted by Gasteiger charge is -2.27. The van der Waals surface area contributed by atoms with Crippen molar-refractivity contribution >= 4 is 6.41 Å². The Morgan fingerprint density at radius 3 is 2.58 bits per heavy atom. The quantitative estimate of drug-likeness (QED) is 0.580. The maximum absolute atomic E-state index is 10.7. The van der Waals surface area contributed by atoms with Crippen molar-refractivity contribution in [2.45, 2.75) is 32.6 Å². The SMILES string of the molecule is CCCCN(C=O)N1CCCC1. The molecule has 1 aliphatic heterocycles. The Kier molecular flexibility index (Phi) is 4.08. The van der Waals surface area contributed by atoms with Gasteiger partial charge in [-0.2, -0.15) is 0 Å². The number of carbonyl (C=O) groups is 1. The number of hydrogen-bond donors (Lipinski definition) is 0. The molecular weight excluding hydrogens is 152 g/mol. The predicted octanol–water partition coefficient (Wildman–Crippen LogP) is 1.26. The first-order valence-corrected chi connectivity index (χ1v) is 4.85. The molecule has 12 heavy (non-hydrogen) atoms. The average Bonchev–Trinajstić information content (AvgIpc) is 2.59. The van der Waals surface area contributed by atoms with Crippen LogP contribution in [0, 0.1) is 0 Å². The van der Waals surface area contributed by atoms with Crippen LogP contribution in [-0.4, -0.2) is 36.1 Å². The van der Waals surface area contributed by atoms with Crippen molar-refractivity contribution in [3.8, 4) is 0 Å². The van der Waals surface area contributed by atoms with E-state index in [1.807, 2.05) is 5.01 Å². The zero-order valence-corrected chi connectivity index (χ0v) is 7.83. The van der Waals surface area contributed by atoms with E-state index in [1.54, 1.807) is 0 Å². The van der Waals surface area contributed by atoms with Crippen LogP contribution in [0.1, 0.15) is 32.6 Å². The van der Waals surface area contributed by atoms with Crippen molar-refractivity contribution < 1.29 is 4.79 Å².